The summed E-state index contributed by atoms with van der Waals surface area (Å²) in [6.45, 7) is 0. The summed E-state index contributed by atoms with van der Waals surface area (Å²) < 4.78 is 40.5. The Morgan fingerprint density at radius 3 is 2.24 bits per heavy atom. The molecule has 0 bridgehead atoms. The summed E-state index contributed by atoms with van der Waals surface area (Å²) in [6.07, 6.45) is 1.67. The number of fused-ring (bicyclic) bond motifs is 2. The number of halogens is 1. The Kier molecular flexibility index (Phi) is 3.66. The van der Waals surface area contributed by atoms with Gasteiger partial charge in [-0.25, -0.2) is 15.0 Å². The van der Waals surface area contributed by atoms with Crippen molar-refractivity contribution >= 4 is 33.5 Å². The highest BCUT2D eigenvalue weighted by Gasteiger charge is 2.16. The van der Waals surface area contributed by atoms with Crippen LogP contribution in [-0.4, -0.2) is 15.0 Å². The molecule has 33 heavy (non-hydrogen) atoms. The zero-order chi connectivity index (χ0) is 26.6. The average Bonchev–Trinajstić information content (AvgIpc) is 2.95. The Hall–Kier alpha value is -4.08. The smallest absolute Gasteiger partial charge is 0.178 e. The minimum absolute atomic E-state index is 0.151. The molecule has 4 aromatic carbocycles. The van der Waals surface area contributed by atoms with Crippen molar-refractivity contribution in [3.05, 3.63) is 114 Å². The molecule has 0 radical (unpaired) electrons. The van der Waals surface area contributed by atoms with Gasteiger partial charge in [0.15, 0.2) is 5.65 Å². The molecule has 0 N–H and O–H groups in total. The summed E-state index contributed by atoms with van der Waals surface area (Å²) in [5, 5.41) is 2.49. The van der Waals surface area contributed by atoms with Crippen molar-refractivity contribution in [2.45, 2.75) is 0 Å². The molecule has 6 rings (SSSR count). The van der Waals surface area contributed by atoms with Gasteiger partial charge in [0.05, 0.1) is 18.2 Å². The normalized spacial score (nSPS) is 13.3. The van der Waals surface area contributed by atoms with Crippen molar-refractivity contribution in [1.29, 1.82) is 0 Å². The zero-order valence-corrected chi connectivity index (χ0v) is 18.0. The maximum absolute atomic E-state index is 8.31. The van der Waals surface area contributed by atoms with E-state index in [1.54, 1.807) is 18.3 Å². The van der Waals surface area contributed by atoms with Crippen LogP contribution >= 0.6 is 11.6 Å². The molecule has 0 atom stereocenters. The van der Waals surface area contributed by atoms with Crippen molar-refractivity contribution in [3.63, 3.8) is 0 Å². The Morgan fingerprint density at radius 2 is 1.39 bits per heavy atom. The maximum atomic E-state index is 8.31. The van der Waals surface area contributed by atoms with Gasteiger partial charge >= 0.3 is 0 Å². The van der Waals surface area contributed by atoms with Crippen LogP contribution < -0.4 is 0 Å². The van der Waals surface area contributed by atoms with Gasteiger partial charge in [-0.05, 0) is 34.7 Å². The van der Waals surface area contributed by atoms with Gasteiger partial charge < -0.3 is 0 Å². The molecule has 0 saturated heterocycles. The van der Waals surface area contributed by atoms with Crippen molar-refractivity contribution in [2.24, 2.45) is 0 Å². The summed E-state index contributed by atoms with van der Waals surface area (Å²) >= 11 is 6.49. The first-order valence-corrected chi connectivity index (χ1v) is 10.7. The predicted octanol–water partition coefficient (Wildman–Crippen LogP) is 7.83. The van der Waals surface area contributed by atoms with E-state index in [1.165, 1.54) is 0 Å². The quantitative estimate of drug-likeness (QED) is 0.277. The largest absolute Gasteiger partial charge is 0.242 e. The minimum atomic E-state index is -0.417. The standard InChI is InChI=1S/C29H18ClN3/c30-25-12-5-9-22-23(25)10-4-11-24(22)28-27(33-29-26(32-28)13-6-18-31-29)21-16-14-20(15-17-21)19-7-2-1-3-8-19/h1-18H/i1D,2D,3D,7D,8D. The Bertz CT molecular complexity index is 1860. The first-order valence-electron chi connectivity index (χ1n) is 12.8. The van der Waals surface area contributed by atoms with E-state index in [2.05, 4.69) is 4.98 Å². The molecule has 0 amide bonds. The lowest BCUT2D eigenvalue weighted by Crippen LogP contribution is -1.97. The Morgan fingerprint density at radius 1 is 0.636 bits per heavy atom. The van der Waals surface area contributed by atoms with Crippen LogP contribution in [0.15, 0.2) is 109 Å². The van der Waals surface area contributed by atoms with E-state index >= 15 is 0 Å². The summed E-state index contributed by atoms with van der Waals surface area (Å²) in [5.41, 5.74) is 4.70. The first-order chi connectivity index (χ1) is 18.3. The van der Waals surface area contributed by atoms with Crippen LogP contribution in [0.3, 0.4) is 0 Å². The molecule has 0 saturated carbocycles. The SMILES string of the molecule is [2H]c1c([2H])c([2H])c(-c2ccc(-c3nc4ncccc4nc3-c3cccc4c(Cl)cccc34)cc2)c([2H])c1[2H]. The Balaban J connectivity index is 1.57. The number of nitrogens with zero attached hydrogens (tertiary/aromatic N) is 3. The van der Waals surface area contributed by atoms with Crippen molar-refractivity contribution in [2.75, 3.05) is 0 Å². The van der Waals surface area contributed by atoms with Crippen LogP contribution in [0.5, 0.6) is 0 Å². The van der Waals surface area contributed by atoms with E-state index < -0.39 is 6.04 Å². The fraction of sp³-hybridized carbons (Fsp3) is 0. The fourth-order valence-electron chi connectivity index (χ4n) is 3.95. The second-order valence-corrected chi connectivity index (χ2v) is 7.89. The number of rotatable bonds is 3. The molecule has 0 aliphatic carbocycles. The molecular weight excluding hydrogens is 426 g/mol. The summed E-state index contributed by atoms with van der Waals surface area (Å²) in [7, 11) is 0. The van der Waals surface area contributed by atoms with Crippen molar-refractivity contribution < 1.29 is 6.85 Å². The molecule has 2 heterocycles. The highest BCUT2D eigenvalue weighted by atomic mass is 35.5. The molecule has 0 spiro atoms. The predicted molar refractivity (Wildman–Crippen MR) is 136 cm³/mol. The molecular formula is C29H18ClN3. The lowest BCUT2D eigenvalue weighted by molar-refractivity contribution is 1.23. The van der Waals surface area contributed by atoms with E-state index in [0.29, 0.717) is 33.1 Å². The molecule has 4 heteroatoms. The molecule has 0 aliphatic heterocycles. The molecule has 0 unspecified atom stereocenters. The van der Waals surface area contributed by atoms with Gasteiger partial charge in [-0.3, -0.25) is 0 Å². The second-order valence-electron chi connectivity index (χ2n) is 7.48. The number of pyridine rings is 1. The lowest BCUT2D eigenvalue weighted by atomic mass is 9.97. The fourth-order valence-corrected chi connectivity index (χ4v) is 4.19. The molecule has 2 aromatic heterocycles. The number of aromatic nitrogens is 3. The molecule has 3 nitrogen and oxygen atoms in total. The summed E-state index contributed by atoms with van der Waals surface area (Å²) in [5.74, 6) is 0. The molecule has 156 valence electrons. The summed E-state index contributed by atoms with van der Waals surface area (Å²) in [6, 6.07) is 20.8. The van der Waals surface area contributed by atoms with Crippen molar-refractivity contribution in [1.82, 2.24) is 15.0 Å². The molecule has 6 aromatic rings. The third kappa shape index (κ3) is 3.53. The van der Waals surface area contributed by atoms with Crippen LogP contribution in [-0.2, 0) is 0 Å². The topological polar surface area (TPSA) is 38.7 Å². The van der Waals surface area contributed by atoms with Gasteiger partial charge in [-0.1, -0.05) is 96.4 Å². The van der Waals surface area contributed by atoms with E-state index in [0.717, 1.165) is 21.9 Å². The second kappa shape index (κ2) is 8.12. The van der Waals surface area contributed by atoms with E-state index in [-0.39, 0.29) is 29.7 Å². The van der Waals surface area contributed by atoms with Crippen LogP contribution in [0.25, 0.3) is 55.6 Å². The van der Waals surface area contributed by atoms with Crippen LogP contribution in [0.4, 0.5) is 0 Å². The minimum Gasteiger partial charge on any atom is -0.242 e. The highest BCUT2D eigenvalue weighted by molar-refractivity contribution is 6.36. The van der Waals surface area contributed by atoms with Crippen molar-refractivity contribution in [3.8, 4) is 33.6 Å². The zero-order valence-electron chi connectivity index (χ0n) is 22.2. The van der Waals surface area contributed by atoms with Gasteiger partial charge in [0.25, 0.3) is 0 Å². The molecule has 0 aliphatic rings. The first kappa shape index (κ1) is 14.9. The van der Waals surface area contributed by atoms with Gasteiger partial charge in [0.1, 0.15) is 5.52 Å². The maximum Gasteiger partial charge on any atom is 0.178 e. The van der Waals surface area contributed by atoms with Crippen LogP contribution in [0.1, 0.15) is 6.85 Å². The van der Waals surface area contributed by atoms with E-state index in [4.69, 9.17) is 28.4 Å². The van der Waals surface area contributed by atoms with Crippen LogP contribution in [0.2, 0.25) is 5.02 Å². The Labute approximate surface area is 203 Å². The van der Waals surface area contributed by atoms with E-state index in [1.807, 2.05) is 60.7 Å². The average molecular weight is 449 g/mol. The van der Waals surface area contributed by atoms with Gasteiger partial charge in [0.2, 0.25) is 0 Å². The van der Waals surface area contributed by atoms with Gasteiger partial charge in [-0.15, -0.1) is 0 Å². The number of benzene rings is 4. The third-order valence-electron chi connectivity index (χ3n) is 5.51. The number of hydrogen-bond donors (Lipinski definition) is 0. The van der Waals surface area contributed by atoms with Gasteiger partial charge in [-0.2, -0.15) is 0 Å². The number of hydrogen-bond acceptors (Lipinski definition) is 3. The molecule has 0 fully saturated rings. The third-order valence-corrected chi connectivity index (χ3v) is 5.84. The highest BCUT2D eigenvalue weighted by Crippen LogP contribution is 2.37. The summed E-state index contributed by atoms with van der Waals surface area (Å²) in [4.78, 5) is 14.2. The van der Waals surface area contributed by atoms with Gasteiger partial charge in [0, 0.05) is 27.7 Å². The van der Waals surface area contributed by atoms with Crippen LogP contribution in [0, 0.1) is 0 Å². The monoisotopic (exact) mass is 448 g/mol. The lowest BCUT2D eigenvalue weighted by Gasteiger charge is -2.13. The van der Waals surface area contributed by atoms with E-state index in [9.17, 15) is 0 Å².